The van der Waals surface area contributed by atoms with Crippen molar-refractivity contribution in [2.45, 2.75) is 25.2 Å². The Morgan fingerprint density at radius 2 is 1.94 bits per heavy atom. The lowest BCUT2D eigenvalue weighted by atomic mass is 9.79. The van der Waals surface area contributed by atoms with Crippen LogP contribution in [0, 0.1) is 0 Å². The summed E-state index contributed by atoms with van der Waals surface area (Å²) < 4.78 is 5.06. The van der Waals surface area contributed by atoms with E-state index in [4.69, 9.17) is 14.8 Å². The van der Waals surface area contributed by atoms with Crippen molar-refractivity contribution in [2.75, 3.05) is 6.61 Å². The lowest BCUT2D eigenvalue weighted by molar-refractivity contribution is -0.146. The first-order valence-electron chi connectivity index (χ1n) is 5.74. The summed E-state index contributed by atoms with van der Waals surface area (Å²) in [5.74, 6) is -0.183. The van der Waals surface area contributed by atoms with E-state index in [1.54, 1.807) is 31.2 Å². The third-order valence-corrected chi connectivity index (χ3v) is 3.18. The minimum atomic E-state index is -1.47. The summed E-state index contributed by atoms with van der Waals surface area (Å²) in [6.07, 6.45) is 1.60. The summed E-state index contributed by atoms with van der Waals surface area (Å²) in [4.78, 5) is 11.8. The average Bonchev–Trinajstić information content (AvgIpc) is 3.11. The third-order valence-electron chi connectivity index (χ3n) is 3.18. The monoisotopic (exact) mass is 234 g/mol. The van der Waals surface area contributed by atoms with Crippen molar-refractivity contribution in [1.82, 2.24) is 0 Å². The topological polar surface area (TPSA) is 66.8 Å². The second-order valence-corrected chi connectivity index (χ2v) is 4.30. The molecule has 1 aliphatic carbocycles. The molecule has 0 atom stereocenters. The van der Waals surface area contributed by atoms with Crippen LogP contribution in [0.15, 0.2) is 24.3 Å². The zero-order chi connectivity index (χ0) is 12.5. The highest BCUT2D eigenvalue weighted by Gasteiger charge is 2.52. The number of hydrogen-bond acceptors (Lipinski definition) is 4. The van der Waals surface area contributed by atoms with Gasteiger partial charge in [0.1, 0.15) is 0 Å². The largest absolute Gasteiger partial charge is 0.488 e. The van der Waals surface area contributed by atoms with Gasteiger partial charge in [-0.25, -0.2) is 0 Å². The molecule has 1 fully saturated rings. The van der Waals surface area contributed by atoms with Gasteiger partial charge in [0.15, 0.2) is 0 Å². The van der Waals surface area contributed by atoms with Crippen molar-refractivity contribution < 1.29 is 19.6 Å². The van der Waals surface area contributed by atoms with Crippen LogP contribution in [0.1, 0.15) is 25.3 Å². The first kappa shape index (κ1) is 12.1. The maximum atomic E-state index is 11.8. The first-order valence-corrected chi connectivity index (χ1v) is 5.74. The summed E-state index contributed by atoms with van der Waals surface area (Å²) in [6, 6.07) is 6.77. The van der Waals surface area contributed by atoms with Crippen LogP contribution in [0.2, 0.25) is 0 Å². The number of esters is 1. The van der Waals surface area contributed by atoms with Crippen LogP contribution in [-0.4, -0.2) is 29.7 Å². The van der Waals surface area contributed by atoms with E-state index in [0.717, 1.165) is 18.4 Å². The molecule has 4 nitrogen and oxygen atoms in total. The minimum Gasteiger partial charge on any atom is -0.465 e. The molecule has 0 bridgehead atoms. The Bertz CT molecular complexity index is 409. The maximum Gasteiger partial charge on any atom is 0.488 e. The van der Waals surface area contributed by atoms with Crippen molar-refractivity contribution in [2.24, 2.45) is 0 Å². The van der Waals surface area contributed by atoms with Gasteiger partial charge in [-0.1, -0.05) is 24.3 Å². The average molecular weight is 234 g/mol. The summed E-state index contributed by atoms with van der Waals surface area (Å²) in [5.41, 5.74) is 0.823. The normalized spacial score (nSPS) is 16.4. The molecule has 5 heteroatoms. The number of rotatable bonds is 4. The number of carbonyl (C=O) groups excluding carboxylic acids is 1. The SMILES string of the molecule is CCOC(=O)C1(c2ccc(B(O)O)cc2)CC1. The van der Waals surface area contributed by atoms with Gasteiger partial charge in [0, 0.05) is 0 Å². The van der Waals surface area contributed by atoms with Gasteiger partial charge in [0.2, 0.25) is 0 Å². The Hall–Kier alpha value is -1.33. The number of hydrogen-bond donors (Lipinski definition) is 2. The Labute approximate surface area is 100 Å². The molecule has 0 heterocycles. The van der Waals surface area contributed by atoms with Crippen molar-refractivity contribution in [3.05, 3.63) is 29.8 Å². The number of ether oxygens (including phenoxy) is 1. The zero-order valence-electron chi connectivity index (χ0n) is 9.72. The van der Waals surface area contributed by atoms with E-state index in [1.807, 2.05) is 0 Å². The minimum absolute atomic E-state index is 0.183. The second kappa shape index (κ2) is 4.51. The highest BCUT2D eigenvalue weighted by molar-refractivity contribution is 6.58. The molecule has 1 aromatic carbocycles. The molecule has 0 saturated heterocycles. The number of carbonyl (C=O) groups is 1. The molecular formula is C12H15BO4. The number of benzene rings is 1. The first-order chi connectivity index (χ1) is 8.10. The zero-order valence-corrected chi connectivity index (χ0v) is 9.72. The van der Waals surface area contributed by atoms with E-state index in [9.17, 15) is 4.79 Å². The molecule has 17 heavy (non-hydrogen) atoms. The van der Waals surface area contributed by atoms with Crippen LogP contribution in [0.4, 0.5) is 0 Å². The van der Waals surface area contributed by atoms with Crippen LogP contribution < -0.4 is 5.46 Å². The van der Waals surface area contributed by atoms with Gasteiger partial charge in [-0.3, -0.25) is 4.79 Å². The van der Waals surface area contributed by atoms with E-state index >= 15 is 0 Å². The third kappa shape index (κ3) is 2.21. The van der Waals surface area contributed by atoms with Crippen molar-refractivity contribution >= 4 is 18.6 Å². The molecule has 2 N–H and O–H groups in total. The molecule has 1 aromatic rings. The van der Waals surface area contributed by atoms with Crippen LogP contribution >= 0.6 is 0 Å². The predicted octanol–water partition coefficient (Wildman–Crippen LogP) is -0.0389. The Balaban J connectivity index is 2.20. The lowest BCUT2D eigenvalue weighted by Crippen LogP contribution is -2.30. The van der Waals surface area contributed by atoms with Crippen LogP contribution in [0.25, 0.3) is 0 Å². The van der Waals surface area contributed by atoms with E-state index < -0.39 is 12.5 Å². The van der Waals surface area contributed by atoms with Crippen LogP contribution in [0.3, 0.4) is 0 Å². The molecule has 90 valence electrons. The van der Waals surface area contributed by atoms with Crippen LogP contribution in [0.5, 0.6) is 0 Å². The smallest absolute Gasteiger partial charge is 0.465 e. The standard InChI is InChI=1S/C12H15BO4/c1-2-17-11(14)12(7-8-12)9-3-5-10(6-4-9)13(15)16/h3-6,15-16H,2,7-8H2,1H3. The molecule has 0 unspecified atom stereocenters. The fourth-order valence-corrected chi connectivity index (χ4v) is 1.98. The maximum absolute atomic E-state index is 11.8. The molecule has 0 spiro atoms. The van der Waals surface area contributed by atoms with Gasteiger partial charge in [-0.2, -0.15) is 0 Å². The quantitative estimate of drug-likeness (QED) is 0.566. The van der Waals surface area contributed by atoms with Gasteiger partial charge in [-0.05, 0) is 30.8 Å². The van der Waals surface area contributed by atoms with Gasteiger partial charge in [0.05, 0.1) is 12.0 Å². The van der Waals surface area contributed by atoms with E-state index in [0.29, 0.717) is 12.1 Å². The highest BCUT2D eigenvalue weighted by atomic mass is 16.5. The van der Waals surface area contributed by atoms with Gasteiger partial charge >= 0.3 is 13.1 Å². The van der Waals surface area contributed by atoms with Crippen LogP contribution in [-0.2, 0) is 14.9 Å². The van der Waals surface area contributed by atoms with Crippen molar-refractivity contribution in [1.29, 1.82) is 0 Å². The molecule has 0 aromatic heterocycles. The Morgan fingerprint density at radius 1 is 1.35 bits per heavy atom. The van der Waals surface area contributed by atoms with Gasteiger partial charge in [-0.15, -0.1) is 0 Å². The van der Waals surface area contributed by atoms with Gasteiger partial charge in [0.25, 0.3) is 0 Å². The van der Waals surface area contributed by atoms with E-state index in [2.05, 4.69) is 0 Å². The summed E-state index contributed by atoms with van der Waals surface area (Å²) in [6.45, 7) is 2.17. The summed E-state index contributed by atoms with van der Waals surface area (Å²) in [7, 11) is -1.47. The fraction of sp³-hybridized carbons (Fsp3) is 0.417. The van der Waals surface area contributed by atoms with E-state index in [1.165, 1.54) is 0 Å². The van der Waals surface area contributed by atoms with Crippen molar-refractivity contribution in [3.8, 4) is 0 Å². The molecular weight excluding hydrogens is 219 g/mol. The molecule has 0 aliphatic heterocycles. The molecule has 1 saturated carbocycles. The lowest BCUT2D eigenvalue weighted by Gasteiger charge is -2.14. The summed E-state index contributed by atoms with van der Waals surface area (Å²) in [5, 5.41) is 18.0. The Kier molecular flexibility index (Phi) is 3.22. The van der Waals surface area contributed by atoms with E-state index in [-0.39, 0.29) is 5.97 Å². The molecule has 1 aliphatic rings. The second-order valence-electron chi connectivity index (χ2n) is 4.30. The Morgan fingerprint density at radius 3 is 2.35 bits per heavy atom. The predicted molar refractivity (Wildman–Crippen MR) is 63.8 cm³/mol. The van der Waals surface area contributed by atoms with Gasteiger partial charge < -0.3 is 14.8 Å². The molecule has 0 radical (unpaired) electrons. The molecule has 2 rings (SSSR count). The van der Waals surface area contributed by atoms with Crippen molar-refractivity contribution in [3.63, 3.8) is 0 Å². The fourth-order valence-electron chi connectivity index (χ4n) is 1.98. The summed E-state index contributed by atoms with van der Waals surface area (Å²) >= 11 is 0. The molecule has 0 amide bonds. The highest BCUT2D eigenvalue weighted by Crippen LogP contribution is 2.48.